The van der Waals surface area contributed by atoms with E-state index in [0.29, 0.717) is 11.8 Å². The Labute approximate surface area is 81.1 Å². The molecule has 0 heterocycles. The molecule has 0 aromatic carbocycles. The highest BCUT2D eigenvalue weighted by Crippen LogP contribution is 2.04. The van der Waals surface area contributed by atoms with Gasteiger partial charge in [0.1, 0.15) is 0 Å². The lowest BCUT2D eigenvalue weighted by molar-refractivity contribution is -0.120. The van der Waals surface area contributed by atoms with Crippen LogP contribution in [0.15, 0.2) is 0 Å². The minimum atomic E-state index is -0.241. The van der Waals surface area contributed by atoms with Crippen molar-refractivity contribution < 1.29 is 4.79 Å². The highest BCUT2D eigenvalue weighted by molar-refractivity contribution is 5.79. The Bertz CT molecular complexity index is 155. The van der Waals surface area contributed by atoms with E-state index >= 15 is 0 Å². The van der Waals surface area contributed by atoms with Crippen molar-refractivity contribution in [1.82, 2.24) is 5.32 Å². The fourth-order valence-corrected chi connectivity index (χ4v) is 1.15. The monoisotopic (exact) mass is 186 g/mol. The SMILES string of the molecule is CC(C)CNC(CC(C)C)C(N)=O. The Morgan fingerprint density at radius 2 is 1.77 bits per heavy atom. The number of rotatable bonds is 6. The zero-order valence-electron chi connectivity index (χ0n) is 9.13. The lowest BCUT2D eigenvalue weighted by Crippen LogP contribution is -2.43. The number of carbonyl (C=O) groups excluding carboxylic acids is 1. The fraction of sp³-hybridized carbons (Fsp3) is 0.900. The number of nitrogens with two attached hydrogens (primary N) is 1. The highest BCUT2D eigenvalue weighted by Gasteiger charge is 2.15. The summed E-state index contributed by atoms with van der Waals surface area (Å²) in [5.74, 6) is 0.806. The van der Waals surface area contributed by atoms with E-state index in [2.05, 4.69) is 33.0 Å². The molecule has 0 aromatic heterocycles. The average molecular weight is 186 g/mol. The standard InChI is InChI=1S/C10H22N2O/c1-7(2)5-9(10(11)13)12-6-8(3)4/h7-9,12H,5-6H2,1-4H3,(H2,11,13). The molecule has 13 heavy (non-hydrogen) atoms. The number of nitrogens with one attached hydrogen (secondary N) is 1. The largest absolute Gasteiger partial charge is 0.368 e. The van der Waals surface area contributed by atoms with E-state index in [-0.39, 0.29) is 11.9 Å². The van der Waals surface area contributed by atoms with E-state index in [1.165, 1.54) is 0 Å². The van der Waals surface area contributed by atoms with Gasteiger partial charge in [-0.05, 0) is 24.8 Å². The van der Waals surface area contributed by atoms with Crippen molar-refractivity contribution in [3.8, 4) is 0 Å². The van der Waals surface area contributed by atoms with Crippen LogP contribution in [0.2, 0.25) is 0 Å². The second kappa shape index (κ2) is 5.97. The molecule has 0 rings (SSSR count). The molecule has 0 fully saturated rings. The molecular formula is C10H22N2O. The van der Waals surface area contributed by atoms with Crippen molar-refractivity contribution in [3.05, 3.63) is 0 Å². The van der Waals surface area contributed by atoms with Crippen LogP contribution in [0.1, 0.15) is 34.1 Å². The fourth-order valence-electron chi connectivity index (χ4n) is 1.15. The van der Waals surface area contributed by atoms with Crippen LogP contribution in [0.3, 0.4) is 0 Å². The van der Waals surface area contributed by atoms with Gasteiger partial charge in [-0.25, -0.2) is 0 Å². The van der Waals surface area contributed by atoms with Crippen molar-refractivity contribution in [2.45, 2.75) is 40.2 Å². The average Bonchev–Trinajstić information content (AvgIpc) is 1.96. The summed E-state index contributed by atoms with van der Waals surface area (Å²) in [6.07, 6.45) is 0.821. The van der Waals surface area contributed by atoms with Crippen molar-refractivity contribution in [2.75, 3.05) is 6.54 Å². The number of hydrogen-bond acceptors (Lipinski definition) is 2. The maximum absolute atomic E-state index is 11.0. The molecule has 0 saturated heterocycles. The van der Waals surface area contributed by atoms with Crippen molar-refractivity contribution in [2.24, 2.45) is 17.6 Å². The summed E-state index contributed by atoms with van der Waals surface area (Å²) in [4.78, 5) is 11.0. The van der Waals surface area contributed by atoms with Gasteiger partial charge in [0.05, 0.1) is 6.04 Å². The number of amides is 1. The smallest absolute Gasteiger partial charge is 0.234 e. The van der Waals surface area contributed by atoms with Gasteiger partial charge < -0.3 is 11.1 Å². The molecule has 3 N–H and O–H groups in total. The van der Waals surface area contributed by atoms with E-state index in [1.54, 1.807) is 0 Å². The van der Waals surface area contributed by atoms with Gasteiger partial charge in [0.2, 0.25) is 5.91 Å². The van der Waals surface area contributed by atoms with Crippen LogP contribution in [0.25, 0.3) is 0 Å². The third kappa shape index (κ3) is 6.58. The maximum atomic E-state index is 11.0. The minimum absolute atomic E-state index is 0.164. The van der Waals surface area contributed by atoms with Gasteiger partial charge in [-0.3, -0.25) is 4.79 Å². The lowest BCUT2D eigenvalue weighted by Gasteiger charge is -2.18. The van der Waals surface area contributed by atoms with E-state index in [1.807, 2.05) is 0 Å². The van der Waals surface area contributed by atoms with E-state index in [0.717, 1.165) is 13.0 Å². The Balaban J connectivity index is 3.88. The van der Waals surface area contributed by atoms with Crippen molar-refractivity contribution in [1.29, 1.82) is 0 Å². The summed E-state index contributed by atoms with van der Waals surface area (Å²) < 4.78 is 0. The maximum Gasteiger partial charge on any atom is 0.234 e. The summed E-state index contributed by atoms with van der Waals surface area (Å²) >= 11 is 0. The molecule has 3 heteroatoms. The Hall–Kier alpha value is -0.570. The molecule has 1 unspecified atom stereocenters. The van der Waals surface area contributed by atoms with Gasteiger partial charge in [-0.1, -0.05) is 27.7 Å². The van der Waals surface area contributed by atoms with Gasteiger partial charge in [0.15, 0.2) is 0 Å². The molecule has 0 saturated carbocycles. The molecule has 0 aliphatic carbocycles. The zero-order chi connectivity index (χ0) is 10.4. The molecule has 0 bridgehead atoms. The van der Waals surface area contributed by atoms with Crippen LogP contribution in [0.5, 0.6) is 0 Å². The van der Waals surface area contributed by atoms with Gasteiger partial charge in [0, 0.05) is 0 Å². The minimum Gasteiger partial charge on any atom is -0.368 e. The van der Waals surface area contributed by atoms with Gasteiger partial charge >= 0.3 is 0 Å². The lowest BCUT2D eigenvalue weighted by atomic mass is 10.0. The first-order valence-corrected chi connectivity index (χ1v) is 4.96. The Kier molecular flexibility index (Phi) is 5.71. The first kappa shape index (κ1) is 12.4. The summed E-state index contributed by atoms with van der Waals surface area (Å²) in [6.45, 7) is 9.25. The highest BCUT2D eigenvalue weighted by atomic mass is 16.1. The van der Waals surface area contributed by atoms with E-state index in [9.17, 15) is 4.79 Å². The molecule has 78 valence electrons. The molecule has 0 aliphatic rings. The molecule has 3 nitrogen and oxygen atoms in total. The summed E-state index contributed by atoms with van der Waals surface area (Å²) in [5.41, 5.74) is 5.27. The predicted octanol–water partition coefficient (Wildman–Crippen LogP) is 1.13. The Morgan fingerprint density at radius 3 is 2.08 bits per heavy atom. The van der Waals surface area contributed by atoms with Crippen LogP contribution in [-0.4, -0.2) is 18.5 Å². The van der Waals surface area contributed by atoms with Crippen LogP contribution >= 0.6 is 0 Å². The molecular weight excluding hydrogens is 164 g/mol. The third-order valence-electron chi connectivity index (χ3n) is 1.82. The normalized spacial score (nSPS) is 13.7. The van der Waals surface area contributed by atoms with Crippen LogP contribution in [0, 0.1) is 11.8 Å². The molecule has 0 aliphatic heterocycles. The van der Waals surface area contributed by atoms with Crippen molar-refractivity contribution in [3.63, 3.8) is 0 Å². The van der Waals surface area contributed by atoms with Crippen molar-refractivity contribution >= 4 is 5.91 Å². The van der Waals surface area contributed by atoms with Gasteiger partial charge in [-0.15, -0.1) is 0 Å². The zero-order valence-corrected chi connectivity index (χ0v) is 9.13. The molecule has 0 radical (unpaired) electrons. The molecule has 0 spiro atoms. The number of carbonyl (C=O) groups is 1. The number of hydrogen-bond donors (Lipinski definition) is 2. The van der Waals surface area contributed by atoms with E-state index in [4.69, 9.17) is 5.73 Å². The number of primary amides is 1. The van der Waals surface area contributed by atoms with Crippen LogP contribution < -0.4 is 11.1 Å². The third-order valence-corrected chi connectivity index (χ3v) is 1.82. The van der Waals surface area contributed by atoms with Gasteiger partial charge in [0.25, 0.3) is 0 Å². The second-order valence-corrected chi connectivity index (χ2v) is 4.39. The first-order valence-electron chi connectivity index (χ1n) is 4.96. The summed E-state index contributed by atoms with van der Waals surface area (Å²) in [6, 6.07) is -0.164. The predicted molar refractivity (Wildman–Crippen MR) is 55.3 cm³/mol. The molecule has 1 amide bonds. The topological polar surface area (TPSA) is 55.1 Å². The molecule has 0 aromatic rings. The first-order chi connectivity index (χ1) is 5.93. The van der Waals surface area contributed by atoms with E-state index < -0.39 is 0 Å². The summed E-state index contributed by atoms with van der Waals surface area (Å²) in [5, 5.41) is 3.18. The Morgan fingerprint density at radius 1 is 1.23 bits per heavy atom. The van der Waals surface area contributed by atoms with Crippen LogP contribution in [-0.2, 0) is 4.79 Å². The quantitative estimate of drug-likeness (QED) is 0.653. The molecule has 1 atom stereocenters. The van der Waals surface area contributed by atoms with Crippen LogP contribution in [0.4, 0.5) is 0 Å². The van der Waals surface area contributed by atoms with Gasteiger partial charge in [-0.2, -0.15) is 0 Å². The second-order valence-electron chi connectivity index (χ2n) is 4.39. The summed E-state index contributed by atoms with van der Waals surface area (Å²) in [7, 11) is 0.